The Kier molecular flexibility index (Phi) is 5.17. The molecule has 1 aromatic carbocycles. The monoisotopic (exact) mass is 260 g/mol. The first-order chi connectivity index (χ1) is 9.24. The van der Waals surface area contributed by atoms with E-state index in [1.165, 1.54) is 37.7 Å². The van der Waals surface area contributed by atoms with Crippen LogP contribution >= 0.6 is 0 Å². The van der Waals surface area contributed by atoms with Gasteiger partial charge in [0.15, 0.2) is 0 Å². The summed E-state index contributed by atoms with van der Waals surface area (Å²) in [5, 5.41) is 9.30. The summed E-state index contributed by atoms with van der Waals surface area (Å²) < 4.78 is 0. The molecule has 0 saturated heterocycles. The van der Waals surface area contributed by atoms with Crippen LogP contribution in [0.25, 0.3) is 0 Å². The first-order valence-electron chi connectivity index (χ1n) is 7.24. The van der Waals surface area contributed by atoms with Crippen molar-refractivity contribution < 1.29 is 10.1 Å². The molecule has 0 aliphatic heterocycles. The molecule has 1 aliphatic carbocycles. The van der Waals surface area contributed by atoms with Crippen molar-refractivity contribution in [3.8, 4) is 0 Å². The largest absolute Gasteiger partial charge is 0.251 e. The summed E-state index contributed by atoms with van der Waals surface area (Å²) in [6.07, 6.45) is 6.02. The maximum atomic E-state index is 9.30. The Morgan fingerprint density at radius 2 is 1.84 bits per heavy atom. The summed E-state index contributed by atoms with van der Waals surface area (Å²) in [5.74, 6) is 0.786. The van der Waals surface area contributed by atoms with Crippen molar-refractivity contribution in [3.63, 3.8) is 0 Å². The molecule has 2 nitrogen and oxygen atoms in total. The summed E-state index contributed by atoms with van der Waals surface area (Å²) in [6, 6.07) is 10.4. The third kappa shape index (κ3) is 3.46. The second-order valence-corrected chi connectivity index (χ2v) is 5.71. The van der Waals surface area contributed by atoms with Crippen LogP contribution in [0.1, 0.15) is 50.5 Å². The molecule has 2 rings (SSSR count). The van der Waals surface area contributed by atoms with Gasteiger partial charge in [0, 0.05) is 5.92 Å². The average Bonchev–Trinajstić information content (AvgIpc) is 2.46. The van der Waals surface area contributed by atoms with E-state index in [-0.39, 0.29) is 12.0 Å². The van der Waals surface area contributed by atoms with Crippen LogP contribution in [0, 0.1) is 5.92 Å². The lowest BCUT2D eigenvalue weighted by Crippen LogP contribution is -2.30. The van der Waals surface area contributed by atoms with Gasteiger partial charge in [-0.05, 0) is 36.8 Å². The van der Waals surface area contributed by atoms with Crippen molar-refractivity contribution in [3.05, 3.63) is 48.0 Å². The van der Waals surface area contributed by atoms with E-state index in [0.29, 0.717) is 5.92 Å². The normalized spacial score (nSPS) is 19.9. The first-order valence-corrected chi connectivity index (χ1v) is 7.24. The van der Waals surface area contributed by atoms with Gasteiger partial charge in [-0.1, -0.05) is 56.2 Å². The lowest BCUT2D eigenvalue weighted by molar-refractivity contribution is -0.276. The average molecular weight is 260 g/mol. The number of benzene rings is 1. The summed E-state index contributed by atoms with van der Waals surface area (Å²) in [6.45, 7) is 5.91. The van der Waals surface area contributed by atoms with Crippen LogP contribution in [0.5, 0.6) is 0 Å². The molecule has 19 heavy (non-hydrogen) atoms. The summed E-state index contributed by atoms with van der Waals surface area (Å²) >= 11 is 0. The zero-order chi connectivity index (χ0) is 13.7. The van der Waals surface area contributed by atoms with Crippen LogP contribution in [0.4, 0.5) is 0 Å². The van der Waals surface area contributed by atoms with Gasteiger partial charge in [-0.2, -0.15) is 0 Å². The molecule has 0 amide bonds. The molecule has 1 aliphatic rings. The van der Waals surface area contributed by atoms with E-state index in [1.54, 1.807) is 0 Å². The van der Waals surface area contributed by atoms with Gasteiger partial charge in [0.05, 0.1) is 0 Å². The van der Waals surface area contributed by atoms with Crippen LogP contribution < -0.4 is 0 Å². The van der Waals surface area contributed by atoms with Gasteiger partial charge in [0.2, 0.25) is 0 Å². The van der Waals surface area contributed by atoms with E-state index in [4.69, 9.17) is 4.89 Å². The molecule has 1 aromatic rings. The highest BCUT2D eigenvalue weighted by molar-refractivity contribution is 5.25. The van der Waals surface area contributed by atoms with Crippen LogP contribution in [-0.4, -0.2) is 11.4 Å². The summed E-state index contributed by atoms with van der Waals surface area (Å²) in [5.41, 5.74) is 2.14. The molecule has 0 radical (unpaired) electrons. The zero-order valence-electron chi connectivity index (χ0n) is 11.7. The fraction of sp³-hybridized carbons (Fsp3) is 0.529. The van der Waals surface area contributed by atoms with E-state index >= 15 is 0 Å². The molecular formula is C17H24O2. The van der Waals surface area contributed by atoms with Crippen LogP contribution in [-0.2, 0) is 4.89 Å². The van der Waals surface area contributed by atoms with Crippen molar-refractivity contribution in [2.24, 2.45) is 5.92 Å². The van der Waals surface area contributed by atoms with E-state index in [1.807, 2.05) is 13.0 Å². The van der Waals surface area contributed by atoms with E-state index in [0.717, 1.165) is 5.57 Å². The van der Waals surface area contributed by atoms with Gasteiger partial charge in [-0.25, -0.2) is 4.89 Å². The summed E-state index contributed by atoms with van der Waals surface area (Å²) in [4.78, 5) is 4.78. The Morgan fingerprint density at radius 3 is 2.37 bits per heavy atom. The number of hydrogen-bond acceptors (Lipinski definition) is 2. The third-order valence-corrected chi connectivity index (χ3v) is 4.27. The zero-order valence-corrected chi connectivity index (χ0v) is 11.7. The van der Waals surface area contributed by atoms with Crippen LogP contribution in [0.2, 0.25) is 0 Å². The van der Waals surface area contributed by atoms with Crippen molar-refractivity contribution >= 4 is 0 Å². The minimum Gasteiger partial charge on any atom is -0.251 e. The Balaban J connectivity index is 2.29. The molecule has 1 N–H and O–H groups in total. The predicted molar refractivity (Wildman–Crippen MR) is 78.1 cm³/mol. The van der Waals surface area contributed by atoms with Crippen molar-refractivity contribution in [2.45, 2.75) is 51.0 Å². The second-order valence-electron chi connectivity index (χ2n) is 5.71. The predicted octanol–water partition coefficient (Wildman–Crippen LogP) is 4.78. The lowest BCUT2D eigenvalue weighted by Gasteiger charge is -2.35. The standard InChI is InChI=1S/C17H24O2/c1-13(2)17(19-18)16(14-9-5-3-6-10-14)15-11-7-4-8-12-15/h3,5-6,9-10,15-18H,1,4,7-8,11-12H2,2H3/t16-,17-/m0/s1. The Hall–Kier alpha value is -1.12. The maximum absolute atomic E-state index is 9.30. The van der Waals surface area contributed by atoms with Gasteiger partial charge >= 0.3 is 0 Å². The fourth-order valence-electron chi connectivity index (χ4n) is 3.32. The Bertz CT molecular complexity index is 393. The summed E-state index contributed by atoms with van der Waals surface area (Å²) in [7, 11) is 0. The Morgan fingerprint density at radius 1 is 1.21 bits per heavy atom. The van der Waals surface area contributed by atoms with Gasteiger partial charge in [-0.3, -0.25) is 5.26 Å². The van der Waals surface area contributed by atoms with E-state index < -0.39 is 0 Å². The maximum Gasteiger partial charge on any atom is 0.120 e. The molecule has 104 valence electrons. The van der Waals surface area contributed by atoms with Crippen LogP contribution in [0.3, 0.4) is 0 Å². The molecule has 2 heteroatoms. The highest BCUT2D eigenvalue weighted by Gasteiger charge is 2.33. The van der Waals surface area contributed by atoms with Gasteiger partial charge < -0.3 is 0 Å². The molecule has 0 spiro atoms. The number of rotatable bonds is 5. The molecular weight excluding hydrogens is 236 g/mol. The number of hydrogen-bond donors (Lipinski definition) is 1. The van der Waals surface area contributed by atoms with Gasteiger partial charge in [-0.15, -0.1) is 0 Å². The Labute approximate surface area is 116 Å². The fourth-order valence-corrected chi connectivity index (χ4v) is 3.32. The lowest BCUT2D eigenvalue weighted by atomic mass is 9.73. The third-order valence-electron chi connectivity index (χ3n) is 4.27. The molecule has 0 heterocycles. The van der Waals surface area contributed by atoms with E-state index in [9.17, 15) is 5.26 Å². The molecule has 0 unspecified atom stereocenters. The molecule has 0 bridgehead atoms. The second kappa shape index (κ2) is 6.88. The topological polar surface area (TPSA) is 29.5 Å². The van der Waals surface area contributed by atoms with E-state index in [2.05, 4.69) is 30.8 Å². The van der Waals surface area contributed by atoms with Crippen molar-refractivity contribution in [1.82, 2.24) is 0 Å². The van der Waals surface area contributed by atoms with Crippen molar-refractivity contribution in [1.29, 1.82) is 0 Å². The molecule has 0 aromatic heterocycles. The molecule has 2 atom stereocenters. The minimum absolute atomic E-state index is 0.212. The van der Waals surface area contributed by atoms with Gasteiger partial charge in [0.25, 0.3) is 0 Å². The minimum atomic E-state index is -0.300. The highest BCUT2D eigenvalue weighted by atomic mass is 17.1. The SMILES string of the molecule is C=C(C)[C@H](OO)[C@@H](c1ccccc1)C1CCCCC1. The highest BCUT2D eigenvalue weighted by Crippen LogP contribution is 2.40. The molecule has 1 saturated carbocycles. The van der Waals surface area contributed by atoms with Crippen molar-refractivity contribution in [2.75, 3.05) is 0 Å². The molecule has 1 fully saturated rings. The van der Waals surface area contributed by atoms with Crippen LogP contribution in [0.15, 0.2) is 42.5 Å². The smallest absolute Gasteiger partial charge is 0.120 e. The quantitative estimate of drug-likeness (QED) is 0.469. The van der Waals surface area contributed by atoms with Gasteiger partial charge in [0.1, 0.15) is 6.10 Å². The first kappa shape index (κ1) is 14.3.